The highest BCUT2D eigenvalue weighted by atomic mass is 16.5. The Morgan fingerprint density at radius 3 is 1.44 bits per heavy atom. The predicted octanol–water partition coefficient (Wildman–Crippen LogP) is 17.0. The molecule has 14 aromatic rings. The van der Waals surface area contributed by atoms with E-state index in [1.54, 1.807) is 0 Å². The molecule has 87 heavy (non-hydrogen) atoms. The van der Waals surface area contributed by atoms with Crippen LogP contribution in [0.2, 0.25) is 0 Å². The molecule has 4 aliphatic rings. The third kappa shape index (κ3) is 7.66. The Hall–Kier alpha value is -11.4. The number of ether oxygens (including phenoxy) is 2. The van der Waals surface area contributed by atoms with Crippen LogP contribution in [0.15, 0.2) is 308 Å². The van der Waals surface area contributed by atoms with E-state index >= 15 is 0 Å². The van der Waals surface area contributed by atoms with Gasteiger partial charge in [0.2, 0.25) is 0 Å². The van der Waals surface area contributed by atoms with E-state index in [0.717, 1.165) is 141 Å². The summed E-state index contributed by atoms with van der Waals surface area (Å²) in [6, 6.07) is 109. The molecule has 5 heterocycles. The summed E-state index contributed by atoms with van der Waals surface area (Å²) in [5.74, 6) is 3.16. The largest absolute Gasteiger partial charge is 0.458 e. The van der Waals surface area contributed by atoms with Crippen LogP contribution in [0.3, 0.4) is 0 Å². The molecule has 0 saturated heterocycles. The molecule has 13 aromatic carbocycles. The summed E-state index contributed by atoms with van der Waals surface area (Å²) >= 11 is 0. The Morgan fingerprint density at radius 1 is 0.276 bits per heavy atom. The summed E-state index contributed by atoms with van der Waals surface area (Å²) in [5.41, 5.74) is 23.0. The van der Waals surface area contributed by atoms with Gasteiger partial charge in [0.25, 0.3) is 13.4 Å². The Morgan fingerprint density at radius 2 is 0.770 bits per heavy atom. The maximum Gasteiger partial charge on any atom is 0.260 e. The van der Waals surface area contributed by atoms with Crippen LogP contribution in [0, 0.1) is 0 Å². The summed E-state index contributed by atoms with van der Waals surface area (Å²) in [6.45, 7) is -0.417. The van der Waals surface area contributed by atoms with Crippen LogP contribution < -0.4 is 61.9 Å². The van der Waals surface area contributed by atoms with Gasteiger partial charge in [0.05, 0.1) is 17.1 Å². The van der Waals surface area contributed by atoms with Gasteiger partial charge < -0.3 is 33.5 Å². The lowest BCUT2D eigenvalue weighted by molar-refractivity contribution is 0.465. The number of hydrogen-bond acceptors (Lipinski definition) is 7. The minimum atomic E-state index is -0.215. The van der Waals surface area contributed by atoms with Crippen LogP contribution in [-0.4, -0.2) is 13.4 Å². The maximum absolute atomic E-state index is 7.52. The molecule has 4 aliphatic heterocycles. The van der Waals surface area contributed by atoms with Gasteiger partial charge in [-0.15, -0.1) is 0 Å². The van der Waals surface area contributed by atoms with E-state index in [9.17, 15) is 0 Å². The van der Waals surface area contributed by atoms with Crippen molar-refractivity contribution < 1.29 is 13.9 Å². The highest BCUT2D eigenvalue weighted by molar-refractivity contribution is 7.02. The lowest BCUT2D eigenvalue weighted by Gasteiger charge is -2.46. The van der Waals surface area contributed by atoms with Crippen molar-refractivity contribution in [2.24, 2.45) is 0 Å². The van der Waals surface area contributed by atoms with Gasteiger partial charge >= 0.3 is 0 Å². The summed E-state index contributed by atoms with van der Waals surface area (Å²) < 4.78 is 21.4. The van der Waals surface area contributed by atoms with Crippen LogP contribution in [-0.2, 0) is 0 Å². The van der Waals surface area contributed by atoms with Gasteiger partial charge in [-0.05, 0) is 124 Å². The van der Waals surface area contributed by atoms with Crippen molar-refractivity contribution in [3.05, 3.63) is 303 Å². The smallest absolute Gasteiger partial charge is 0.260 e. The number of para-hydroxylation sites is 10. The molecule has 7 nitrogen and oxygen atoms in total. The average molecular weight is 1110 g/mol. The molecule has 0 fully saturated rings. The lowest BCUT2D eigenvalue weighted by atomic mass is 9.31. The van der Waals surface area contributed by atoms with Gasteiger partial charge in [0.15, 0.2) is 0 Å². The molecule has 0 bridgehead atoms. The van der Waals surface area contributed by atoms with Crippen molar-refractivity contribution in [2.75, 3.05) is 19.6 Å². The molecule has 0 unspecified atom stereocenters. The van der Waals surface area contributed by atoms with E-state index in [4.69, 9.17) is 13.9 Å². The molecule has 0 N–H and O–H groups in total. The molecule has 406 valence electrons. The molecular weight excluding hydrogens is 1060 g/mol. The molecule has 0 atom stereocenters. The fourth-order valence-corrected chi connectivity index (χ4v) is 14.3. The number of rotatable bonds is 9. The van der Waals surface area contributed by atoms with Crippen molar-refractivity contribution in [3.63, 3.8) is 0 Å². The Bertz CT molecular complexity index is 4970. The van der Waals surface area contributed by atoms with Crippen molar-refractivity contribution >= 4 is 136 Å². The van der Waals surface area contributed by atoms with E-state index in [1.807, 2.05) is 6.07 Å². The van der Waals surface area contributed by atoms with E-state index in [1.165, 1.54) is 16.4 Å². The topological polar surface area (TPSA) is 44.6 Å². The molecule has 0 saturated carbocycles. The minimum absolute atomic E-state index is 0.202. The summed E-state index contributed by atoms with van der Waals surface area (Å²) in [4.78, 5) is 9.68. The number of fused-ring (bicyclic) bond motifs is 11. The van der Waals surface area contributed by atoms with E-state index < -0.39 is 0 Å². The molecule has 0 aliphatic carbocycles. The maximum atomic E-state index is 7.52. The third-order valence-corrected chi connectivity index (χ3v) is 17.9. The van der Waals surface area contributed by atoms with Crippen LogP contribution in [0.5, 0.6) is 23.0 Å². The molecular formula is C78H50B2N4O3. The van der Waals surface area contributed by atoms with Crippen LogP contribution in [0.4, 0.5) is 68.2 Å². The summed E-state index contributed by atoms with van der Waals surface area (Å²) in [6.07, 6.45) is 0. The second-order valence-corrected chi connectivity index (χ2v) is 22.7. The first kappa shape index (κ1) is 49.1. The number of furan rings is 1. The van der Waals surface area contributed by atoms with Crippen molar-refractivity contribution in [1.82, 2.24) is 0 Å². The molecule has 0 spiro atoms. The Labute approximate surface area is 504 Å². The second kappa shape index (κ2) is 19.6. The third-order valence-electron chi connectivity index (χ3n) is 17.9. The van der Waals surface area contributed by atoms with Gasteiger partial charge in [-0.3, -0.25) is 0 Å². The van der Waals surface area contributed by atoms with E-state index in [2.05, 4.69) is 317 Å². The Kier molecular flexibility index (Phi) is 11.0. The minimum Gasteiger partial charge on any atom is -0.458 e. The van der Waals surface area contributed by atoms with Crippen LogP contribution in [0.1, 0.15) is 0 Å². The zero-order valence-electron chi connectivity index (χ0n) is 47.0. The van der Waals surface area contributed by atoms with Gasteiger partial charge in [-0.2, -0.15) is 0 Å². The number of anilines is 12. The summed E-state index contributed by atoms with van der Waals surface area (Å²) in [5, 5.41) is 2.18. The normalized spacial score (nSPS) is 12.9. The zero-order valence-corrected chi connectivity index (χ0v) is 47.0. The van der Waals surface area contributed by atoms with Crippen molar-refractivity contribution in [3.8, 4) is 34.1 Å². The molecule has 1 aromatic heterocycles. The van der Waals surface area contributed by atoms with Gasteiger partial charge in [0, 0.05) is 96.7 Å². The summed E-state index contributed by atoms with van der Waals surface area (Å²) in [7, 11) is 0. The molecule has 0 radical (unpaired) electrons. The van der Waals surface area contributed by atoms with Crippen molar-refractivity contribution in [2.45, 2.75) is 0 Å². The van der Waals surface area contributed by atoms with E-state index in [0.29, 0.717) is 0 Å². The molecule has 18 rings (SSSR count). The van der Waals surface area contributed by atoms with Gasteiger partial charge in [-0.25, -0.2) is 0 Å². The van der Waals surface area contributed by atoms with Gasteiger partial charge in [0.1, 0.15) is 34.2 Å². The first-order valence-electron chi connectivity index (χ1n) is 29.7. The second-order valence-electron chi connectivity index (χ2n) is 22.7. The standard InChI is InChI=1S/C78H50B2N4O3/c1-6-25-51(26-7-1)81(52-27-8-2-9-28-52)56-45-69-76-70(46-56)84(66-41-20-16-35-58(66)60-37-24-38-61-59-36-17-22-43-71(59)87-78(60)61)67-42-21-18-39-62(67)79(76)64-49-65-73(50-68(64)83(69)55-33-14-5-15-34-55)86-75-48-57(47-74-77(75)80(65)63-40-19-23-44-72(63)85-74)82(53-29-10-3-11-30-53)54-31-12-4-13-32-54/h1-50H. The highest BCUT2D eigenvalue weighted by Crippen LogP contribution is 2.52. The highest BCUT2D eigenvalue weighted by Gasteiger charge is 2.48. The first-order chi connectivity index (χ1) is 43.2. The number of benzene rings is 13. The fourth-order valence-electron chi connectivity index (χ4n) is 14.3. The lowest BCUT2D eigenvalue weighted by Crippen LogP contribution is -2.64. The molecule has 9 heteroatoms. The van der Waals surface area contributed by atoms with Crippen LogP contribution in [0.25, 0.3) is 33.1 Å². The monoisotopic (exact) mass is 1110 g/mol. The zero-order chi connectivity index (χ0) is 57.1. The first-order valence-corrected chi connectivity index (χ1v) is 29.7. The van der Waals surface area contributed by atoms with Crippen LogP contribution >= 0.6 is 0 Å². The Balaban J connectivity index is 0.910. The fraction of sp³-hybridized carbons (Fsp3) is 0. The SMILES string of the molecule is c1ccc(N(c2ccccc2)c2cc3c4c(c2)Oc2cc5c(cc2B4c2ccccc2O3)B2c3ccccc3N(c3ccccc3-c3cccc4c3oc3ccccc34)c3cc(N(c4ccccc4)c4ccccc4)cc(c32)N5c2ccccc2)cc1. The number of nitrogens with zero attached hydrogens (tertiary/aromatic N) is 4. The van der Waals surface area contributed by atoms with Gasteiger partial charge in [-0.1, -0.05) is 188 Å². The molecule has 0 amide bonds. The van der Waals surface area contributed by atoms with Crippen molar-refractivity contribution in [1.29, 1.82) is 0 Å². The predicted molar refractivity (Wildman–Crippen MR) is 360 cm³/mol. The number of hydrogen-bond donors (Lipinski definition) is 0. The van der Waals surface area contributed by atoms with E-state index in [-0.39, 0.29) is 13.4 Å². The quantitative estimate of drug-likeness (QED) is 0.133. The average Bonchev–Trinajstić information content (AvgIpc) is 1.20.